The molecule has 1 aromatic carbocycles. The molecule has 0 radical (unpaired) electrons. The molecule has 2 aromatic rings. The van der Waals surface area contributed by atoms with Crippen molar-refractivity contribution < 1.29 is 34.6 Å². The number of hydrogen-bond donors (Lipinski definition) is 4. The quantitative estimate of drug-likeness (QED) is 0.417. The molecular formula is C24H36N2O7. The van der Waals surface area contributed by atoms with Gasteiger partial charge in [-0.05, 0) is 44.9 Å². The fourth-order valence-electron chi connectivity index (χ4n) is 3.82. The van der Waals surface area contributed by atoms with E-state index in [1.807, 2.05) is 49.7 Å². The van der Waals surface area contributed by atoms with Gasteiger partial charge in [0.25, 0.3) is 0 Å². The van der Waals surface area contributed by atoms with E-state index in [4.69, 9.17) is 14.2 Å². The number of benzene rings is 1. The number of unbranched alkanes of at least 4 members (excludes halogenated alkanes) is 1. The molecule has 1 aliphatic rings. The molecular weight excluding hydrogens is 428 g/mol. The highest BCUT2D eigenvalue weighted by atomic mass is 16.7. The van der Waals surface area contributed by atoms with Crippen LogP contribution in [-0.2, 0) is 17.7 Å². The van der Waals surface area contributed by atoms with Gasteiger partial charge in [0.2, 0.25) is 12.2 Å². The van der Waals surface area contributed by atoms with Crippen LogP contribution in [0.4, 0.5) is 0 Å². The van der Waals surface area contributed by atoms with Crippen LogP contribution in [0.3, 0.4) is 0 Å². The van der Waals surface area contributed by atoms with E-state index in [9.17, 15) is 20.4 Å². The van der Waals surface area contributed by atoms with E-state index >= 15 is 0 Å². The van der Waals surface area contributed by atoms with Gasteiger partial charge in [0.05, 0.1) is 12.7 Å². The van der Waals surface area contributed by atoms with Crippen LogP contribution in [0.2, 0.25) is 0 Å². The minimum absolute atomic E-state index is 0.0911. The lowest BCUT2D eigenvalue weighted by molar-refractivity contribution is -0.278. The van der Waals surface area contributed by atoms with E-state index in [0.717, 1.165) is 35.4 Å². The normalized spacial score (nSPS) is 25.4. The van der Waals surface area contributed by atoms with Crippen molar-refractivity contribution in [3.05, 3.63) is 41.1 Å². The Morgan fingerprint density at radius 1 is 1.09 bits per heavy atom. The van der Waals surface area contributed by atoms with Crippen molar-refractivity contribution in [1.29, 1.82) is 0 Å². The number of nitrogens with zero attached hydrogens (tertiary/aromatic N) is 2. The summed E-state index contributed by atoms with van der Waals surface area (Å²) in [4.78, 5) is 0. The molecule has 1 saturated heterocycles. The van der Waals surface area contributed by atoms with Crippen LogP contribution in [0.15, 0.2) is 24.3 Å². The van der Waals surface area contributed by atoms with Crippen LogP contribution in [-0.4, -0.2) is 73.6 Å². The first-order valence-electron chi connectivity index (χ1n) is 11.5. The summed E-state index contributed by atoms with van der Waals surface area (Å²) in [7, 11) is 0. The number of aryl methyl sites for hydroxylation is 1. The fraction of sp³-hybridized carbons (Fsp3) is 0.625. The second-order valence-electron chi connectivity index (χ2n) is 8.75. The van der Waals surface area contributed by atoms with Gasteiger partial charge in [-0.2, -0.15) is 0 Å². The van der Waals surface area contributed by atoms with Gasteiger partial charge in [-0.1, -0.05) is 25.5 Å². The predicted octanol–water partition coefficient (Wildman–Crippen LogP) is 1.55. The fourth-order valence-corrected chi connectivity index (χ4v) is 3.82. The van der Waals surface area contributed by atoms with E-state index in [0.29, 0.717) is 13.0 Å². The lowest BCUT2D eigenvalue weighted by Gasteiger charge is -2.39. The van der Waals surface area contributed by atoms with E-state index in [2.05, 4.69) is 12.0 Å². The molecule has 0 bridgehead atoms. The second kappa shape index (κ2) is 11.3. The van der Waals surface area contributed by atoms with Crippen molar-refractivity contribution in [2.75, 3.05) is 6.61 Å². The van der Waals surface area contributed by atoms with Crippen LogP contribution < -0.4 is 9.47 Å². The highest BCUT2D eigenvalue weighted by Gasteiger charge is 2.45. The molecule has 33 heavy (non-hydrogen) atoms. The van der Waals surface area contributed by atoms with Crippen LogP contribution in [0.5, 0.6) is 11.6 Å². The second-order valence-corrected chi connectivity index (χ2v) is 8.75. The third kappa shape index (κ3) is 6.04. The Hall–Kier alpha value is -2.17. The van der Waals surface area contributed by atoms with Crippen LogP contribution >= 0.6 is 0 Å². The Kier molecular flexibility index (Phi) is 8.72. The van der Waals surface area contributed by atoms with Gasteiger partial charge < -0.3 is 34.6 Å². The van der Waals surface area contributed by atoms with Gasteiger partial charge in [0, 0.05) is 24.2 Å². The number of aromatic nitrogens is 2. The van der Waals surface area contributed by atoms with Gasteiger partial charge in [0.15, 0.2) is 0 Å². The van der Waals surface area contributed by atoms with Crippen molar-refractivity contribution in [2.24, 2.45) is 0 Å². The molecule has 1 unspecified atom stereocenters. The summed E-state index contributed by atoms with van der Waals surface area (Å²) in [5, 5.41) is 44.6. The van der Waals surface area contributed by atoms with Crippen molar-refractivity contribution in [3.63, 3.8) is 0 Å². The Labute approximate surface area is 194 Å². The first-order chi connectivity index (χ1) is 15.7. The summed E-state index contributed by atoms with van der Waals surface area (Å²) in [5.74, 6) is 1.08. The zero-order valence-corrected chi connectivity index (χ0v) is 19.7. The molecule has 1 fully saturated rings. The molecule has 0 saturated carbocycles. The predicted molar refractivity (Wildman–Crippen MR) is 121 cm³/mol. The molecule has 2 heterocycles. The standard InChI is InChI=1S/C24H36N2O7/c1-5-6-11-26-15(4)18(12-16-7-9-17(10-8-16)31-14(2)3)23(25-26)33-24-22(30)21(29)20(28)19(13-27)32-24/h7-10,14,19-22,24,27-30H,5-6,11-13H2,1-4H3/t19-,20-,21+,22-,24?/m1/s1. The van der Waals surface area contributed by atoms with E-state index in [1.165, 1.54) is 0 Å². The molecule has 0 spiro atoms. The van der Waals surface area contributed by atoms with Crippen molar-refractivity contribution in [3.8, 4) is 11.6 Å². The zero-order chi connectivity index (χ0) is 24.1. The minimum atomic E-state index is -1.51. The maximum absolute atomic E-state index is 10.4. The minimum Gasteiger partial charge on any atom is -0.491 e. The topological polar surface area (TPSA) is 126 Å². The molecule has 5 atom stereocenters. The van der Waals surface area contributed by atoms with Crippen molar-refractivity contribution >= 4 is 0 Å². The summed E-state index contributed by atoms with van der Waals surface area (Å²) in [6.45, 7) is 8.22. The lowest BCUT2D eigenvalue weighted by atomic mass is 9.99. The van der Waals surface area contributed by atoms with Gasteiger partial charge in [-0.3, -0.25) is 4.68 Å². The Bertz CT molecular complexity index is 882. The summed E-state index contributed by atoms with van der Waals surface area (Å²) < 4.78 is 19.0. The van der Waals surface area contributed by atoms with E-state index in [1.54, 1.807) is 0 Å². The number of ether oxygens (including phenoxy) is 3. The molecule has 9 nitrogen and oxygen atoms in total. The number of aliphatic hydroxyl groups excluding tert-OH is 4. The highest BCUT2D eigenvalue weighted by molar-refractivity contribution is 5.38. The van der Waals surface area contributed by atoms with E-state index in [-0.39, 0.29) is 12.0 Å². The number of rotatable bonds is 10. The summed E-state index contributed by atoms with van der Waals surface area (Å²) >= 11 is 0. The maximum Gasteiger partial charge on any atom is 0.239 e. The van der Waals surface area contributed by atoms with E-state index < -0.39 is 37.3 Å². The van der Waals surface area contributed by atoms with Crippen molar-refractivity contribution in [1.82, 2.24) is 9.78 Å². The SMILES string of the molecule is CCCCn1nc(OC2O[C@H](CO)[C@@H](O)[C@H](O)[C@H]2O)c(Cc2ccc(OC(C)C)cc2)c1C. The van der Waals surface area contributed by atoms with Crippen LogP contribution in [0.25, 0.3) is 0 Å². The molecule has 9 heteroatoms. The third-order valence-electron chi connectivity index (χ3n) is 5.77. The van der Waals surface area contributed by atoms with Crippen molar-refractivity contribution in [2.45, 2.75) is 90.3 Å². The van der Waals surface area contributed by atoms with Gasteiger partial charge in [-0.25, -0.2) is 0 Å². The first kappa shape index (κ1) is 25.5. The Morgan fingerprint density at radius 3 is 2.39 bits per heavy atom. The first-order valence-corrected chi connectivity index (χ1v) is 11.5. The van der Waals surface area contributed by atoms with Gasteiger partial charge in [0.1, 0.15) is 30.2 Å². The van der Waals surface area contributed by atoms with Crippen LogP contribution in [0.1, 0.15) is 50.4 Å². The molecule has 3 rings (SSSR count). The Balaban J connectivity index is 1.86. The zero-order valence-electron chi connectivity index (χ0n) is 19.7. The number of aliphatic hydroxyl groups is 4. The van der Waals surface area contributed by atoms with Gasteiger partial charge >= 0.3 is 0 Å². The van der Waals surface area contributed by atoms with Gasteiger partial charge in [-0.15, -0.1) is 5.10 Å². The monoisotopic (exact) mass is 464 g/mol. The average molecular weight is 465 g/mol. The summed E-state index contributed by atoms with van der Waals surface area (Å²) in [6, 6.07) is 7.81. The third-order valence-corrected chi connectivity index (χ3v) is 5.77. The molecule has 0 aliphatic carbocycles. The smallest absolute Gasteiger partial charge is 0.239 e. The van der Waals surface area contributed by atoms with Crippen LogP contribution in [0, 0.1) is 6.92 Å². The molecule has 4 N–H and O–H groups in total. The molecule has 184 valence electrons. The Morgan fingerprint density at radius 2 is 1.79 bits per heavy atom. The highest BCUT2D eigenvalue weighted by Crippen LogP contribution is 2.30. The lowest BCUT2D eigenvalue weighted by Crippen LogP contribution is -2.60. The number of hydrogen-bond acceptors (Lipinski definition) is 8. The molecule has 0 amide bonds. The molecule has 1 aromatic heterocycles. The maximum atomic E-state index is 10.4. The summed E-state index contributed by atoms with van der Waals surface area (Å²) in [5.41, 5.74) is 2.80. The average Bonchev–Trinajstić information content (AvgIpc) is 3.07. The summed E-state index contributed by atoms with van der Waals surface area (Å²) in [6.07, 6.45) is -4.20. The molecule has 1 aliphatic heterocycles. The largest absolute Gasteiger partial charge is 0.491 e.